The summed E-state index contributed by atoms with van der Waals surface area (Å²) in [6, 6.07) is 15.6. The van der Waals surface area contributed by atoms with Crippen LogP contribution in [0.4, 0.5) is 5.69 Å². The van der Waals surface area contributed by atoms with Gasteiger partial charge in [-0.3, -0.25) is 14.9 Å². The van der Waals surface area contributed by atoms with Crippen LogP contribution in [0.3, 0.4) is 0 Å². The molecule has 0 aliphatic carbocycles. The Morgan fingerprint density at radius 2 is 1.97 bits per heavy atom. The second-order valence-corrected chi connectivity index (χ2v) is 7.37. The molecule has 30 heavy (non-hydrogen) atoms. The lowest BCUT2D eigenvalue weighted by atomic mass is 10.1. The third-order valence-electron chi connectivity index (χ3n) is 4.29. The van der Waals surface area contributed by atoms with Crippen molar-refractivity contribution < 1.29 is 19.2 Å². The molecule has 0 atom stereocenters. The smallest absolute Gasteiger partial charge is 0.287 e. The largest absolute Gasteiger partial charge is 0.490 e. The molecule has 0 bridgehead atoms. The third-order valence-corrected chi connectivity index (χ3v) is 5.39. The fourth-order valence-electron chi connectivity index (χ4n) is 2.91. The fourth-order valence-corrected chi connectivity index (χ4v) is 3.96. The van der Waals surface area contributed by atoms with Crippen molar-refractivity contribution in [3.05, 3.63) is 86.9 Å². The molecular formula is C22H16N2O5S. The molecule has 1 aromatic heterocycles. The summed E-state index contributed by atoms with van der Waals surface area (Å²) < 4.78 is 11.4. The molecule has 1 aliphatic rings. The van der Waals surface area contributed by atoms with Crippen LogP contribution in [0, 0.1) is 10.1 Å². The molecule has 2 aromatic carbocycles. The molecule has 0 fully saturated rings. The molecule has 0 saturated heterocycles. The molecule has 3 aromatic rings. The summed E-state index contributed by atoms with van der Waals surface area (Å²) >= 11 is 1.44. The van der Waals surface area contributed by atoms with Crippen LogP contribution in [-0.2, 0) is 0 Å². The highest BCUT2D eigenvalue weighted by Crippen LogP contribution is 2.41. The number of hydrogen-bond donors (Lipinski definition) is 0. The highest BCUT2D eigenvalue weighted by molar-refractivity contribution is 8.04. The Morgan fingerprint density at radius 3 is 2.67 bits per heavy atom. The summed E-state index contributed by atoms with van der Waals surface area (Å²) in [5.74, 6) is 1.13. The molecule has 0 amide bonds. The van der Waals surface area contributed by atoms with E-state index in [1.54, 1.807) is 12.1 Å². The summed E-state index contributed by atoms with van der Waals surface area (Å²) in [5, 5.41) is 10.8. The Balaban J connectivity index is 1.59. The Kier molecular flexibility index (Phi) is 5.49. The van der Waals surface area contributed by atoms with E-state index in [0.29, 0.717) is 28.6 Å². The van der Waals surface area contributed by atoms with E-state index in [-0.39, 0.29) is 17.4 Å². The van der Waals surface area contributed by atoms with Crippen molar-refractivity contribution in [1.29, 1.82) is 0 Å². The Hall–Kier alpha value is -3.65. The molecule has 4 rings (SSSR count). The van der Waals surface area contributed by atoms with Crippen molar-refractivity contribution in [2.24, 2.45) is 0 Å². The first kappa shape index (κ1) is 19.7. The molecule has 0 spiro atoms. The average Bonchev–Trinajstić information content (AvgIpc) is 3.06. The number of thioether (sulfide) groups is 1. The number of pyridine rings is 1. The van der Waals surface area contributed by atoms with E-state index in [0.717, 1.165) is 16.7 Å². The van der Waals surface area contributed by atoms with Crippen LogP contribution in [-0.4, -0.2) is 22.3 Å². The molecule has 0 N–H and O–H groups in total. The molecule has 150 valence electrons. The Bertz CT molecular complexity index is 1160. The minimum atomic E-state index is -0.523. The Morgan fingerprint density at radius 1 is 1.13 bits per heavy atom. The van der Waals surface area contributed by atoms with Crippen LogP contribution >= 0.6 is 11.8 Å². The van der Waals surface area contributed by atoms with Gasteiger partial charge in [0.15, 0.2) is 11.5 Å². The number of ether oxygens (including phenoxy) is 2. The van der Waals surface area contributed by atoms with E-state index in [4.69, 9.17) is 9.47 Å². The lowest BCUT2D eigenvalue weighted by Gasteiger charge is -2.12. The van der Waals surface area contributed by atoms with Gasteiger partial charge in [-0.25, -0.2) is 4.98 Å². The maximum atomic E-state index is 12.6. The molecular weight excluding hydrogens is 404 g/mol. The normalized spacial score (nSPS) is 13.9. The summed E-state index contributed by atoms with van der Waals surface area (Å²) in [6.07, 6.45) is 2.96. The van der Waals surface area contributed by atoms with Crippen molar-refractivity contribution in [3.8, 4) is 17.4 Å². The minimum absolute atomic E-state index is 0.00367. The van der Waals surface area contributed by atoms with Crippen LogP contribution in [0.5, 0.6) is 17.4 Å². The van der Waals surface area contributed by atoms with E-state index in [1.165, 1.54) is 23.9 Å². The number of benzene rings is 2. The van der Waals surface area contributed by atoms with Gasteiger partial charge in [0.2, 0.25) is 11.7 Å². The highest BCUT2D eigenvalue weighted by atomic mass is 32.2. The predicted octanol–water partition coefficient (Wildman–Crippen LogP) is 5.51. The number of nitrogens with zero attached hydrogens (tertiary/aromatic N) is 2. The number of hydrogen-bond acceptors (Lipinski definition) is 7. The molecule has 0 radical (unpaired) electrons. The van der Waals surface area contributed by atoms with E-state index in [2.05, 4.69) is 4.98 Å². The summed E-state index contributed by atoms with van der Waals surface area (Å²) in [5.41, 5.74) is 1.39. The molecule has 8 heteroatoms. The van der Waals surface area contributed by atoms with Gasteiger partial charge in [0.25, 0.3) is 5.69 Å². The summed E-state index contributed by atoms with van der Waals surface area (Å²) in [4.78, 5) is 28.4. The van der Waals surface area contributed by atoms with Gasteiger partial charge in [0.1, 0.15) is 6.20 Å². The van der Waals surface area contributed by atoms with Gasteiger partial charge < -0.3 is 9.47 Å². The number of aromatic nitrogens is 1. The van der Waals surface area contributed by atoms with Crippen molar-refractivity contribution in [1.82, 2.24) is 4.98 Å². The van der Waals surface area contributed by atoms with Crippen LogP contribution in [0.15, 0.2) is 70.6 Å². The zero-order valence-electron chi connectivity index (χ0n) is 15.9. The zero-order chi connectivity index (χ0) is 21.1. The first-order valence-corrected chi connectivity index (χ1v) is 9.95. The average molecular weight is 420 g/mol. The number of allylic oxidation sites excluding steroid dienone is 1. The molecule has 1 aliphatic heterocycles. The summed E-state index contributed by atoms with van der Waals surface area (Å²) in [7, 11) is 0. The third kappa shape index (κ3) is 4.04. The van der Waals surface area contributed by atoms with Crippen molar-refractivity contribution in [2.45, 2.75) is 11.8 Å². The quantitative estimate of drug-likeness (QED) is 0.295. The van der Waals surface area contributed by atoms with E-state index < -0.39 is 4.92 Å². The SMILES string of the molecule is CCOc1cc(/C=C2/Sc3ccccc3C2=O)ccc1Oc1ccc([N+](=O)[O-])cn1. The van der Waals surface area contributed by atoms with Gasteiger partial charge in [-0.05, 0) is 42.8 Å². The van der Waals surface area contributed by atoms with Crippen LogP contribution in [0.2, 0.25) is 0 Å². The molecule has 0 unspecified atom stereocenters. The van der Waals surface area contributed by atoms with Gasteiger partial charge in [-0.1, -0.05) is 30.0 Å². The number of nitro groups is 1. The lowest BCUT2D eigenvalue weighted by Crippen LogP contribution is -1.97. The number of fused-ring (bicyclic) bond motifs is 1. The first-order chi connectivity index (χ1) is 14.5. The number of ketones is 1. The molecule has 0 saturated carbocycles. The number of rotatable bonds is 6. The van der Waals surface area contributed by atoms with Gasteiger partial charge in [0.05, 0.1) is 16.4 Å². The highest BCUT2D eigenvalue weighted by Gasteiger charge is 2.25. The van der Waals surface area contributed by atoms with E-state index in [9.17, 15) is 14.9 Å². The minimum Gasteiger partial charge on any atom is -0.490 e. The first-order valence-electron chi connectivity index (χ1n) is 9.13. The van der Waals surface area contributed by atoms with Crippen molar-refractivity contribution in [2.75, 3.05) is 6.61 Å². The van der Waals surface area contributed by atoms with E-state index >= 15 is 0 Å². The number of Topliss-reactive ketones (excluding diaryl/α,β-unsaturated/α-hetero) is 1. The van der Waals surface area contributed by atoms with Crippen LogP contribution < -0.4 is 9.47 Å². The standard InChI is InChI=1S/C22H16N2O5S/c1-2-28-18-11-14(12-20-22(25)16-5-3-4-6-19(16)30-20)7-9-17(18)29-21-10-8-15(13-23-21)24(26)27/h3-13H,2H2,1H3/b20-12+. The maximum absolute atomic E-state index is 12.6. The second kappa shape index (κ2) is 8.38. The topological polar surface area (TPSA) is 91.6 Å². The monoisotopic (exact) mass is 420 g/mol. The predicted molar refractivity (Wildman–Crippen MR) is 113 cm³/mol. The number of carbonyl (C=O) groups is 1. The van der Waals surface area contributed by atoms with Gasteiger partial charge in [0, 0.05) is 22.6 Å². The zero-order valence-corrected chi connectivity index (χ0v) is 16.7. The van der Waals surface area contributed by atoms with Gasteiger partial charge in [-0.15, -0.1) is 0 Å². The van der Waals surface area contributed by atoms with Crippen molar-refractivity contribution >= 4 is 29.3 Å². The second-order valence-electron chi connectivity index (χ2n) is 6.29. The van der Waals surface area contributed by atoms with Crippen LogP contribution in [0.1, 0.15) is 22.8 Å². The van der Waals surface area contributed by atoms with Crippen molar-refractivity contribution in [3.63, 3.8) is 0 Å². The maximum Gasteiger partial charge on any atom is 0.287 e. The van der Waals surface area contributed by atoms with Gasteiger partial charge in [-0.2, -0.15) is 0 Å². The van der Waals surface area contributed by atoms with Gasteiger partial charge >= 0.3 is 0 Å². The summed E-state index contributed by atoms with van der Waals surface area (Å²) in [6.45, 7) is 2.27. The fraction of sp³-hybridized carbons (Fsp3) is 0.0909. The van der Waals surface area contributed by atoms with Crippen LogP contribution in [0.25, 0.3) is 6.08 Å². The number of carbonyl (C=O) groups excluding carboxylic acids is 1. The Labute approximate surface area is 176 Å². The molecule has 7 nitrogen and oxygen atoms in total. The lowest BCUT2D eigenvalue weighted by molar-refractivity contribution is -0.385. The molecule has 2 heterocycles. The van der Waals surface area contributed by atoms with E-state index in [1.807, 2.05) is 43.3 Å².